The molecule has 0 aliphatic heterocycles. The molecule has 0 aliphatic carbocycles. The minimum absolute atomic E-state index is 0.255. The molecule has 0 unspecified atom stereocenters. The van der Waals surface area contributed by atoms with E-state index in [1.807, 2.05) is 12.1 Å². The van der Waals surface area contributed by atoms with Crippen molar-refractivity contribution in [2.45, 2.75) is 19.5 Å². The Morgan fingerprint density at radius 1 is 1.10 bits per heavy atom. The van der Waals surface area contributed by atoms with Crippen molar-refractivity contribution in [1.29, 1.82) is 0 Å². The number of likely N-dealkylation sites (N-methyl/N-ethyl adjacent to an activating group) is 1. The van der Waals surface area contributed by atoms with E-state index in [4.69, 9.17) is 21.1 Å². The van der Waals surface area contributed by atoms with Crippen LogP contribution in [0, 0.1) is 0 Å². The number of nitrogens with zero attached hydrogens (tertiary/aromatic N) is 2. The van der Waals surface area contributed by atoms with Crippen molar-refractivity contribution in [3.63, 3.8) is 0 Å². The van der Waals surface area contributed by atoms with Crippen LogP contribution in [0.5, 0.6) is 11.5 Å². The van der Waals surface area contributed by atoms with Crippen LogP contribution in [0.3, 0.4) is 0 Å². The molecule has 7 nitrogen and oxygen atoms in total. The second kappa shape index (κ2) is 9.37. The Morgan fingerprint density at radius 3 is 2.21 bits per heavy atom. The molecule has 2 rings (SSSR count). The summed E-state index contributed by atoms with van der Waals surface area (Å²) < 4.78 is 36.2. The lowest BCUT2D eigenvalue weighted by molar-refractivity contribution is -0.131. The topological polar surface area (TPSA) is 76.2 Å². The normalized spacial score (nSPS) is 12.2. The molecule has 0 saturated heterocycles. The highest BCUT2D eigenvalue weighted by Gasteiger charge is 2.31. The largest absolute Gasteiger partial charge is 0.497 e. The van der Waals surface area contributed by atoms with Crippen molar-refractivity contribution in [3.05, 3.63) is 53.1 Å². The smallest absolute Gasteiger partial charge is 0.246 e. The molecule has 0 saturated carbocycles. The summed E-state index contributed by atoms with van der Waals surface area (Å²) in [6.45, 7) is 1.88. The minimum Gasteiger partial charge on any atom is -0.497 e. The Bertz CT molecular complexity index is 963. The maximum Gasteiger partial charge on any atom is 0.246 e. The number of benzene rings is 2. The molecule has 1 amide bonds. The van der Waals surface area contributed by atoms with E-state index >= 15 is 0 Å². The molecule has 2 aromatic rings. The van der Waals surface area contributed by atoms with Crippen LogP contribution in [0.2, 0.25) is 5.02 Å². The molecule has 2 aromatic carbocycles. The Balaban J connectivity index is 2.26. The van der Waals surface area contributed by atoms with Gasteiger partial charge in [-0.1, -0.05) is 23.7 Å². The first-order chi connectivity index (χ1) is 13.6. The standard InChI is InChI=1S/C20H25ClN2O5S/c1-14(20(24)22(2)13-15-6-9-17(27-3)10-7-15)23(29(5,25)26)16-8-11-19(28-4)18(21)12-16/h6-12,14H,13H2,1-5H3/t14-/m1/s1. The monoisotopic (exact) mass is 440 g/mol. The van der Waals surface area contributed by atoms with Crippen LogP contribution in [0.4, 0.5) is 5.69 Å². The highest BCUT2D eigenvalue weighted by atomic mass is 35.5. The van der Waals surface area contributed by atoms with Gasteiger partial charge in [-0.15, -0.1) is 0 Å². The molecule has 29 heavy (non-hydrogen) atoms. The summed E-state index contributed by atoms with van der Waals surface area (Å²) in [6.07, 6.45) is 1.05. The number of rotatable bonds is 8. The van der Waals surface area contributed by atoms with Crippen molar-refractivity contribution in [2.75, 3.05) is 31.8 Å². The predicted octanol–water partition coefficient (Wildman–Crippen LogP) is 3.17. The first-order valence-electron chi connectivity index (χ1n) is 8.79. The SMILES string of the molecule is COc1ccc(CN(C)C(=O)[C@@H](C)N(c2ccc(OC)c(Cl)c2)S(C)(=O)=O)cc1. The number of carbonyl (C=O) groups is 1. The van der Waals surface area contributed by atoms with Crippen LogP contribution in [0.25, 0.3) is 0 Å². The third-order valence-electron chi connectivity index (χ3n) is 4.41. The molecule has 0 radical (unpaired) electrons. The number of hydrogen-bond donors (Lipinski definition) is 0. The summed E-state index contributed by atoms with van der Waals surface area (Å²) in [6, 6.07) is 10.9. The molecule has 0 heterocycles. The lowest BCUT2D eigenvalue weighted by Gasteiger charge is -2.31. The van der Waals surface area contributed by atoms with Crippen LogP contribution in [-0.2, 0) is 21.4 Å². The first kappa shape index (κ1) is 22.8. The van der Waals surface area contributed by atoms with Crippen molar-refractivity contribution in [1.82, 2.24) is 4.90 Å². The van der Waals surface area contributed by atoms with Gasteiger partial charge in [-0.2, -0.15) is 0 Å². The van der Waals surface area contributed by atoms with Gasteiger partial charge in [0.2, 0.25) is 15.9 Å². The summed E-state index contributed by atoms with van der Waals surface area (Å²) in [7, 11) is 0.934. The number of carbonyl (C=O) groups excluding carboxylic acids is 1. The molecular formula is C20H25ClN2O5S. The van der Waals surface area contributed by atoms with Gasteiger partial charge < -0.3 is 14.4 Å². The van der Waals surface area contributed by atoms with Gasteiger partial charge in [-0.3, -0.25) is 9.10 Å². The van der Waals surface area contributed by atoms with Crippen molar-refractivity contribution >= 4 is 33.2 Å². The molecule has 1 atom stereocenters. The highest BCUT2D eigenvalue weighted by molar-refractivity contribution is 7.92. The molecule has 158 valence electrons. The van der Waals surface area contributed by atoms with Gasteiger partial charge >= 0.3 is 0 Å². The van der Waals surface area contributed by atoms with Crippen LogP contribution in [0.15, 0.2) is 42.5 Å². The fourth-order valence-electron chi connectivity index (χ4n) is 3.00. The van der Waals surface area contributed by atoms with E-state index in [1.165, 1.54) is 18.1 Å². The summed E-state index contributed by atoms with van der Waals surface area (Å²) >= 11 is 6.15. The first-order valence-corrected chi connectivity index (χ1v) is 11.0. The average molecular weight is 441 g/mol. The van der Waals surface area contributed by atoms with Gasteiger partial charge in [0.1, 0.15) is 17.5 Å². The van der Waals surface area contributed by atoms with Gasteiger partial charge in [-0.05, 0) is 42.8 Å². The van der Waals surface area contributed by atoms with E-state index in [0.717, 1.165) is 21.9 Å². The maximum absolute atomic E-state index is 13.0. The third kappa shape index (κ3) is 5.55. The zero-order valence-corrected chi connectivity index (χ0v) is 18.6. The molecule has 0 fully saturated rings. The van der Waals surface area contributed by atoms with Crippen molar-refractivity contribution in [3.8, 4) is 11.5 Å². The van der Waals surface area contributed by atoms with Crippen LogP contribution in [0.1, 0.15) is 12.5 Å². The van der Waals surface area contributed by atoms with E-state index in [0.29, 0.717) is 12.3 Å². The van der Waals surface area contributed by atoms with Crippen molar-refractivity contribution in [2.24, 2.45) is 0 Å². The molecule has 0 aliphatic rings. The Labute approximate surface area is 176 Å². The van der Waals surface area contributed by atoms with E-state index < -0.39 is 16.1 Å². The fraction of sp³-hybridized carbons (Fsp3) is 0.350. The summed E-state index contributed by atoms with van der Waals surface area (Å²) in [5.74, 6) is 0.786. The summed E-state index contributed by atoms with van der Waals surface area (Å²) in [5, 5.41) is 0.255. The number of amides is 1. The number of methoxy groups -OCH3 is 2. The fourth-order valence-corrected chi connectivity index (χ4v) is 4.41. The highest BCUT2D eigenvalue weighted by Crippen LogP contribution is 2.31. The van der Waals surface area contributed by atoms with Crippen molar-refractivity contribution < 1.29 is 22.7 Å². The second-order valence-corrected chi connectivity index (χ2v) is 8.86. The zero-order valence-electron chi connectivity index (χ0n) is 17.0. The van der Waals surface area contributed by atoms with Gasteiger partial charge in [0.15, 0.2) is 0 Å². The summed E-state index contributed by atoms with van der Waals surface area (Å²) in [4.78, 5) is 14.5. The molecule has 0 aromatic heterocycles. The third-order valence-corrected chi connectivity index (χ3v) is 5.95. The van der Waals surface area contributed by atoms with E-state index in [2.05, 4.69) is 0 Å². The Morgan fingerprint density at radius 2 is 1.72 bits per heavy atom. The van der Waals surface area contributed by atoms with Crippen LogP contribution in [-0.4, -0.2) is 52.8 Å². The van der Waals surface area contributed by atoms with Gasteiger partial charge in [0.25, 0.3) is 0 Å². The van der Waals surface area contributed by atoms with E-state index in [1.54, 1.807) is 45.3 Å². The second-order valence-electron chi connectivity index (χ2n) is 6.60. The van der Waals surface area contributed by atoms with E-state index in [-0.39, 0.29) is 16.6 Å². The molecule has 0 N–H and O–H groups in total. The number of halogens is 1. The lowest BCUT2D eigenvalue weighted by atomic mass is 10.2. The number of ether oxygens (including phenoxy) is 2. The minimum atomic E-state index is -3.74. The quantitative estimate of drug-likeness (QED) is 0.630. The number of hydrogen-bond acceptors (Lipinski definition) is 5. The zero-order chi connectivity index (χ0) is 21.8. The van der Waals surface area contributed by atoms with Crippen LogP contribution >= 0.6 is 11.6 Å². The maximum atomic E-state index is 13.0. The number of anilines is 1. The Kier molecular flexibility index (Phi) is 7.37. The summed E-state index contributed by atoms with van der Waals surface area (Å²) in [5.41, 5.74) is 1.18. The molecular weight excluding hydrogens is 416 g/mol. The van der Waals surface area contributed by atoms with Gasteiger partial charge in [-0.25, -0.2) is 8.42 Å². The molecule has 0 spiro atoms. The van der Waals surface area contributed by atoms with Gasteiger partial charge in [0, 0.05) is 13.6 Å². The average Bonchev–Trinajstić information content (AvgIpc) is 2.67. The van der Waals surface area contributed by atoms with Gasteiger partial charge in [0.05, 0.1) is 31.2 Å². The predicted molar refractivity (Wildman–Crippen MR) is 114 cm³/mol. The van der Waals surface area contributed by atoms with E-state index in [9.17, 15) is 13.2 Å². The molecule has 0 bridgehead atoms. The van der Waals surface area contributed by atoms with Crippen LogP contribution < -0.4 is 13.8 Å². The number of sulfonamides is 1. The lowest BCUT2D eigenvalue weighted by Crippen LogP contribution is -2.48. The molecule has 9 heteroatoms. The Hall–Kier alpha value is -2.45.